The van der Waals surface area contributed by atoms with Gasteiger partial charge in [0, 0.05) is 23.9 Å². The van der Waals surface area contributed by atoms with Crippen LogP contribution in [0.3, 0.4) is 0 Å². The lowest BCUT2D eigenvalue weighted by atomic mass is 9.69. The number of rotatable bonds is 10. The smallest absolute Gasteiger partial charge is 0.306 e. The summed E-state index contributed by atoms with van der Waals surface area (Å²) < 4.78 is 37.7. The Morgan fingerprint density at radius 3 is 2.05 bits per heavy atom. The van der Waals surface area contributed by atoms with Crippen molar-refractivity contribution in [1.82, 2.24) is 4.31 Å². The maximum absolute atomic E-state index is 14.6. The molecular formula is C34H55NO4SSi. The SMILES string of the molecule is C[C@@H](CC(=O)O[C@@H]1C[C@H]2CC[C@]1(CS(=O)(=O)N(C1CCCCC1)C1CCCCC1)C2(C)C)[Si](C)(C)c1ccccc1. The minimum absolute atomic E-state index is 0.133. The molecule has 0 unspecified atom stereocenters. The number of carbonyl (C=O) groups is 1. The molecule has 1 aromatic carbocycles. The number of esters is 1. The van der Waals surface area contributed by atoms with Crippen LogP contribution in [0.4, 0.5) is 0 Å². The number of benzene rings is 1. The van der Waals surface area contributed by atoms with Crippen molar-refractivity contribution in [2.75, 3.05) is 5.75 Å². The van der Waals surface area contributed by atoms with Crippen molar-refractivity contribution < 1.29 is 17.9 Å². The van der Waals surface area contributed by atoms with E-state index in [1.165, 1.54) is 18.0 Å². The maximum atomic E-state index is 14.6. The van der Waals surface area contributed by atoms with E-state index in [0.717, 1.165) is 70.6 Å². The van der Waals surface area contributed by atoms with Crippen LogP contribution in [0.25, 0.3) is 0 Å². The van der Waals surface area contributed by atoms with Crippen LogP contribution in [0, 0.1) is 16.7 Å². The third kappa shape index (κ3) is 5.98. The summed E-state index contributed by atoms with van der Waals surface area (Å²) in [6.45, 7) is 11.4. The molecule has 0 saturated heterocycles. The highest BCUT2D eigenvalue weighted by molar-refractivity contribution is 7.89. The van der Waals surface area contributed by atoms with Gasteiger partial charge in [-0.2, -0.15) is 4.31 Å². The molecule has 0 aliphatic heterocycles. The van der Waals surface area contributed by atoms with Crippen molar-refractivity contribution in [2.24, 2.45) is 16.7 Å². The van der Waals surface area contributed by atoms with Crippen LogP contribution in [0.2, 0.25) is 18.6 Å². The Hall–Kier alpha value is -1.18. The number of hydrogen-bond acceptors (Lipinski definition) is 4. The molecule has 230 valence electrons. The van der Waals surface area contributed by atoms with Gasteiger partial charge in [-0.15, -0.1) is 0 Å². The maximum Gasteiger partial charge on any atom is 0.306 e. The number of nitrogens with zero attached hydrogens (tertiary/aromatic N) is 1. The van der Waals surface area contributed by atoms with Gasteiger partial charge in [0.15, 0.2) is 0 Å². The fourth-order valence-electron chi connectivity index (χ4n) is 9.19. The van der Waals surface area contributed by atoms with Crippen LogP contribution in [0.1, 0.15) is 111 Å². The van der Waals surface area contributed by atoms with Gasteiger partial charge in [0.25, 0.3) is 0 Å². The van der Waals surface area contributed by atoms with Gasteiger partial charge in [-0.1, -0.05) is 108 Å². The van der Waals surface area contributed by atoms with Gasteiger partial charge < -0.3 is 4.74 Å². The van der Waals surface area contributed by atoms with Crippen LogP contribution in [-0.2, 0) is 19.6 Å². The second kappa shape index (κ2) is 12.1. The quantitative estimate of drug-likeness (QED) is 0.207. The Bertz CT molecular complexity index is 1140. The molecular weight excluding hydrogens is 547 g/mol. The summed E-state index contributed by atoms with van der Waals surface area (Å²) in [7, 11) is -5.38. The predicted molar refractivity (Wildman–Crippen MR) is 170 cm³/mol. The topological polar surface area (TPSA) is 63.7 Å². The molecule has 0 spiro atoms. The van der Waals surface area contributed by atoms with Gasteiger partial charge in [0.1, 0.15) is 6.10 Å². The second-order valence-electron chi connectivity index (χ2n) is 15.2. The molecule has 0 heterocycles. The summed E-state index contributed by atoms with van der Waals surface area (Å²) in [5.41, 5.74) is -0.445. The number of carbonyl (C=O) groups excluding carboxylic acids is 1. The Morgan fingerprint density at radius 2 is 1.51 bits per heavy atom. The first kappa shape index (κ1) is 31.2. The van der Waals surface area contributed by atoms with E-state index in [1.54, 1.807) is 0 Å². The highest BCUT2D eigenvalue weighted by Gasteiger charge is 2.67. The monoisotopic (exact) mass is 601 g/mol. The van der Waals surface area contributed by atoms with Gasteiger partial charge in [0.05, 0.1) is 13.8 Å². The Balaban J connectivity index is 1.36. The van der Waals surface area contributed by atoms with Gasteiger partial charge in [-0.05, 0) is 61.8 Å². The fourth-order valence-corrected chi connectivity index (χ4v) is 14.3. The predicted octanol–water partition coefficient (Wildman–Crippen LogP) is 7.42. The lowest BCUT2D eigenvalue weighted by Gasteiger charge is -2.46. The first-order valence-corrected chi connectivity index (χ1v) is 21.3. The van der Waals surface area contributed by atoms with Crippen molar-refractivity contribution in [3.8, 4) is 0 Å². The molecule has 1 aromatic rings. The van der Waals surface area contributed by atoms with Crippen molar-refractivity contribution in [1.29, 1.82) is 0 Å². The van der Waals surface area contributed by atoms with E-state index in [0.29, 0.717) is 12.3 Å². The van der Waals surface area contributed by atoms with Gasteiger partial charge in [-0.25, -0.2) is 8.42 Å². The molecule has 4 aliphatic rings. The second-order valence-corrected chi connectivity index (χ2v) is 22.1. The Labute approximate surface area is 251 Å². The molecule has 0 radical (unpaired) electrons. The van der Waals surface area contributed by atoms with Crippen molar-refractivity contribution >= 4 is 29.3 Å². The summed E-state index contributed by atoms with van der Waals surface area (Å²) in [4.78, 5) is 13.6. The molecule has 4 saturated carbocycles. The van der Waals surface area contributed by atoms with Crippen molar-refractivity contribution in [3.05, 3.63) is 30.3 Å². The van der Waals surface area contributed by atoms with E-state index < -0.39 is 23.5 Å². The fraction of sp³-hybridized carbons (Fsp3) is 0.794. The van der Waals surface area contributed by atoms with Crippen LogP contribution in [-0.4, -0.2) is 50.7 Å². The third-order valence-electron chi connectivity index (χ3n) is 12.5. The summed E-state index contributed by atoms with van der Waals surface area (Å²) in [6, 6.07) is 10.9. The van der Waals surface area contributed by atoms with E-state index in [9.17, 15) is 13.2 Å². The van der Waals surface area contributed by atoms with Crippen LogP contribution in [0.15, 0.2) is 30.3 Å². The van der Waals surface area contributed by atoms with E-state index >= 15 is 0 Å². The van der Waals surface area contributed by atoms with Gasteiger partial charge >= 0.3 is 5.97 Å². The normalized spacial score (nSPS) is 30.0. The van der Waals surface area contributed by atoms with Gasteiger partial charge in [-0.3, -0.25) is 4.79 Å². The minimum Gasteiger partial charge on any atom is -0.462 e. The Morgan fingerprint density at radius 1 is 0.951 bits per heavy atom. The highest BCUT2D eigenvalue weighted by atomic mass is 32.2. The minimum atomic E-state index is -3.52. The lowest BCUT2D eigenvalue weighted by molar-refractivity contribution is -0.156. The lowest BCUT2D eigenvalue weighted by Crippen LogP contribution is -2.54. The number of hydrogen-bond donors (Lipinski definition) is 0. The number of ether oxygens (including phenoxy) is 1. The first-order chi connectivity index (χ1) is 19.4. The molecule has 2 bridgehead atoms. The third-order valence-corrected chi connectivity index (χ3v) is 19.1. The van der Waals surface area contributed by atoms with E-state index in [4.69, 9.17) is 4.74 Å². The average Bonchev–Trinajstić information content (AvgIpc) is 3.29. The van der Waals surface area contributed by atoms with Crippen LogP contribution < -0.4 is 5.19 Å². The zero-order valence-electron chi connectivity index (χ0n) is 26.4. The van der Waals surface area contributed by atoms with Gasteiger partial charge in [0.2, 0.25) is 10.0 Å². The molecule has 5 nitrogen and oxygen atoms in total. The largest absolute Gasteiger partial charge is 0.462 e. The number of fused-ring (bicyclic) bond motifs is 2. The Kier molecular flexibility index (Phi) is 9.20. The molecule has 41 heavy (non-hydrogen) atoms. The summed E-state index contributed by atoms with van der Waals surface area (Å²) in [5, 5.41) is 1.36. The first-order valence-electron chi connectivity index (χ1n) is 16.6. The average molecular weight is 602 g/mol. The zero-order chi connectivity index (χ0) is 29.5. The van der Waals surface area contributed by atoms with Crippen molar-refractivity contribution in [3.63, 3.8) is 0 Å². The molecule has 0 amide bonds. The molecule has 5 rings (SSSR count). The molecule has 0 N–H and O–H groups in total. The van der Waals surface area contributed by atoms with E-state index in [1.807, 2.05) is 10.4 Å². The van der Waals surface area contributed by atoms with E-state index in [-0.39, 0.29) is 40.9 Å². The summed E-state index contributed by atoms with van der Waals surface area (Å²) in [5.74, 6) is 0.394. The number of sulfonamides is 1. The standard InChI is InChI=1S/C34H55NO4SSi/c1-26(41(4,5)30-19-13-8-14-20-30)23-32(36)39-31-24-27-21-22-34(31,33(27,2)3)25-40(37,38)35(28-15-9-6-10-16-28)29-17-11-7-12-18-29/h8,13-14,19-20,26-29,31H,6-7,9-12,15-18,21-25H2,1-5H3/t26-,27+,31+,34+/m0/s1. The molecule has 4 fully saturated rings. The van der Waals surface area contributed by atoms with Crippen molar-refractivity contribution in [2.45, 2.75) is 147 Å². The summed E-state index contributed by atoms with van der Waals surface area (Å²) >= 11 is 0. The molecule has 4 atom stereocenters. The molecule has 0 aromatic heterocycles. The molecule has 7 heteroatoms. The van der Waals surface area contributed by atoms with E-state index in [2.05, 4.69) is 58.1 Å². The van der Waals surface area contributed by atoms with Crippen LogP contribution in [0.5, 0.6) is 0 Å². The summed E-state index contributed by atoms with van der Waals surface area (Å²) in [6.07, 6.45) is 13.7. The highest BCUT2D eigenvalue weighted by Crippen LogP contribution is 2.67. The molecule has 4 aliphatic carbocycles. The van der Waals surface area contributed by atoms with Crippen LogP contribution >= 0.6 is 0 Å². The zero-order valence-corrected chi connectivity index (χ0v) is 28.2.